The molecule has 1 heterocycles. The molecule has 0 saturated carbocycles. The number of thiophene rings is 1. The number of hydrogen-bond donors (Lipinski definition) is 3. The van der Waals surface area contributed by atoms with Gasteiger partial charge in [-0.15, -0.1) is 24.0 Å². The van der Waals surface area contributed by atoms with Crippen molar-refractivity contribution in [3.8, 4) is 5.75 Å². The lowest BCUT2D eigenvalue weighted by Gasteiger charge is -2.26. The number of rotatable bonds is 8. The van der Waals surface area contributed by atoms with E-state index in [1.54, 1.807) is 18.4 Å². The molecular formula is C21H32IN3O2S. The number of halogens is 1. The molecule has 0 fully saturated rings. The molecule has 2 rings (SSSR count). The minimum absolute atomic E-state index is 0. The lowest BCUT2D eigenvalue weighted by atomic mass is 9.84. The summed E-state index contributed by atoms with van der Waals surface area (Å²) in [5.41, 5.74) is 0.991. The third kappa shape index (κ3) is 6.93. The standard InChI is InChI=1S/C21H31N3O2S.HI/c1-6-22-19(24-15-21(4,25)17-10-11-27-13-17)23-14-20(2,3)16-8-7-9-18(12-16)26-5;/h7-13,25H,6,14-15H2,1-5H3,(H2,22,23,24);1H. The van der Waals surface area contributed by atoms with E-state index < -0.39 is 5.60 Å². The van der Waals surface area contributed by atoms with Crippen molar-refractivity contribution in [3.63, 3.8) is 0 Å². The molecule has 1 unspecified atom stereocenters. The van der Waals surface area contributed by atoms with E-state index in [0.717, 1.165) is 17.9 Å². The number of ether oxygens (including phenoxy) is 1. The number of nitrogens with one attached hydrogen (secondary N) is 2. The molecule has 1 atom stereocenters. The van der Waals surface area contributed by atoms with Gasteiger partial charge in [0.25, 0.3) is 0 Å². The van der Waals surface area contributed by atoms with E-state index in [-0.39, 0.29) is 29.4 Å². The van der Waals surface area contributed by atoms with E-state index >= 15 is 0 Å². The van der Waals surface area contributed by atoms with Gasteiger partial charge < -0.3 is 20.5 Å². The zero-order chi connectivity index (χ0) is 19.9. The molecule has 0 bridgehead atoms. The van der Waals surface area contributed by atoms with E-state index in [1.807, 2.05) is 42.8 Å². The second-order valence-electron chi connectivity index (χ2n) is 7.45. The van der Waals surface area contributed by atoms with Crippen LogP contribution in [0.5, 0.6) is 5.75 Å². The van der Waals surface area contributed by atoms with Gasteiger partial charge in [-0.1, -0.05) is 26.0 Å². The Morgan fingerprint density at radius 1 is 1.18 bits per heavy atom. The van der Waals surface area contributed by atoms with Gasteiger partial charge in [0.1, 0.15) is 11.4 Å². The maximum atomic E-state index is 10.7. The topological polar surface area (TPSA) is 65.9 Å². The number of aliphatic imine (C=N–C) groups is 1. The minimum atomic E-state index is -0.946. The first-order valence-corrected chi connectivity index (χ1v) is 10.1. The summed E-state index contributed by atoms with van der Waals surface area (Å²) in [4.78, 5) is 4.75. The summed E-state index contributed by atoms with van der Waals surface area (Å²) in [6.07, 6.45) is 0. The third-order valence-corrected chi connectivity index (χ3v) is 5.25. The number of benzene rings is 1. The molecule has 2 aromatic rings. The zero-order valence-electron chi connectivity index (χ0n) is 17.3. The predicted molar refractivity (Wildman–Crippen MR) is 129 cm³/mol. The highest BCUT2D eigenvalue weighted by molar-refractivity contribution is 14.0. The fourth-order valence-electron chi connectivity index (χ4n) is 2.68. The first-order chi connectivity index (χ1) is 12.8. The van der Waals surface area contributed by atoms with Crippen LogP contribution in [-0.4, -0.2) is 37.8 Å². The Kier molecular flexibility index (Phi) is 9.73. The Morgan fingerprint density at radius 2 is 1.93 bits per heavy atom. The van der Waals surface area contributed by atoms with Crippen LogP contribution in [0.1, 0.15) is 38.8 Å². The minimum Gasteiger partial charge on any atom is -0.497 e. The lowest BCUT2D eigenvalue weighted by molar-refractivity contribution is 0.0621. The van der Waals surface area contributed by atoms with Crippen molar-refractivity contribution < 1.29 is 9.84 Å². The summed E-state index contributed by atoms with van der Waals surface area (Å²) in [5.74, 6) is 1.55. The fourth-order valence-corrected chi connectivity index (χ4v) is 3.47. The van der Waals surface area contributed by atoms with Crippen LogP contribution in [0.3, 0.4) is 0 Å². The van der Waals surface area contributed by atoms with E-state index in [9.17, 15) is 5.11 Å². The third-order valence-electron chi connectivity index (χ3n) is 4.57. The molecule has 0 aliphatic carbocycles. The number of methoxy groups -OCH3 is 1. The summed E-state index contributed by atoms with van der Waals surface area (Å²) in [5, 5.41) is 21.2. The van der Waals surface area contributed by atoms with Crippen LogP contribution >= 0.6 is 35.3 Å². The van der Waals surface area contributed by atoms with Crippen molar-refractivity contribution in [2.45, 2.75) is 38.7 Å². The highest BCUT2D eigenvalue weighted by atomic mass is 127. The van der Waals surface area contributed by atoms with Crippen LogP contribution in [0.15, 0.2) is 46.1 Å². The Hall–Kier alpha value is -1.32. The summed E-state index contributed by atoms with van der Waals surface area (Å²) in [7, 11) is 1.68. The van der Waals surface area contributed by atoms with Gasteiger partial charge in [0.2, 0.25) is 0 Å². The van der Waals surface area contributed by atoms with E-state index in [1.165, 1.54) is 5.56 Å². The first-order valence-electron chi connectivity index (χ1n) is 9.20. The van der Waals surface area contributed by atoms with Crippen LogP contribution in [-0.2, 0) is 11.0 Å². The molecule has 28 heavy (non-hydrogen) atoms. The number of nitrogens with zero attached hydrogens (tertiary/aromatic N) is 1. The van der Waals surface area contributed by atoms with Crippen LogP contribution in [0.2, 0.25) is 0 Å². The molecule has 0 aliphatic heterocycles. The number of hydrogen-bond acceptors (Lipinski definition) is 4. The SMILES string of the molecule is CCNC(=NCC(C)(C)c1cccc(OC)c1)NCC(C)(O)c1ccsc1.I. The van der Waals surface area contributed by atoms with E-state index in [2.05, 4.69) is 36.6 Å². The second kappa shape index (κ2) is 11.0. The smallest absolute Gasteiger partial charge is 0.191 e. The molecule has 1 aromatic heterocycles. The molecular weight excluding hydrogens is 485 g/mol. The van der Waals surface area contributed by atoms with E-state index in [4.69, 9.17) is 9.73 Å². The summed E-state index contributed by atoms with van der Waals surface area (Å²) in [6, 6.07) is 10.0. The van der Waals surface area contributed by atoms with Gasteiger partial charge in [0.15, 0.2) is 5.96 Å². The highest BCUT2D eigenvalue weighted by Crippen LogP contribution is 2.27. The van der Waals surface area contributed by atoms with E-state index in [0.29, 0.717) is 19.0 Å². The molecule has 5 nitrogen and oxygen atoms in total. The second-order valence-corrected chi connectivity index (χ2v) is 8.23. The number of aliphatic hydroxyl groups is 1. The first kappa shape index (κ1) is 24.7. The monoisotopic (exact) mass is 517 g/mol. The summed E-state index contributed by atoms with van der Waals surface area (Å²) < 4.78 is 5.34. The Bertz CT molecular complexity index is 746. The largest absolute Gasteiger partial charge is 0.497 e. The summed E-state index contributed by atoms with van der Waals surface area (Å²) >= 11 is 1.58. The van der Waals surface area contributed by atoms with Gasteiger partial charge in [-0.25, -0.2) is 0 Å². The van der Waals surface area contributed by atoms with Crippen LogP contribution in [0.4, 0.5) is 0 Å². The maximum absolute atomic E-state index is 10.7. The average molecular weight is 517 g/mol. The molecule has 7 heteroatoms. The highest BCUT2D eigenvalue weighted by Gasteiger charge is 2.24. The van der Waals surface area contributed by atoms with Crippen LogP contribution < -0.4 is 15.4 Å². The fraction of sp³-hybridized carbons (Fsp3) is 0.476. The van der Waals surface area contributed by atoms with Gasteiger partial charge in [-0.05, 0) is 53.9 Å². The normalized spacial score (nSPS) is 14.0. The molecule has 0 radical (unpaired) electrons. The lowest BCUT2D eigenvalue weighted by Crippen LogP contribution is -2.45. The number of guanidine groups is 1. The Balaban J connectivity index is 0.00000392. The maximum Gasteiger partial charge on any atom is 0.191 e. The quantitative estimate of drug-likeness (QED) is 0.280. The Morgan fingerprint density at radius 3 is 2.54 bits per heavy atom. The molecule has 0 amide bonds. The summed E-state index contributed by atoms with van der Waals surface area (Å²) in [6.45, 7) is 9.91. The van der Waals surface area contributed by atoms with Crippen molar-refractivity contribution in [3.05, 3.63) is 52.2 Å². The van der Waals surface area contributed by atoms with Crippen molar-refractivity contribution in [1.82, 2.24) is 10.6 Å². The molecule has 1 aromatic carbocycles. The average Bonchev–Trinajstić information content (AvgIpc) is 3.20. The molecule has 0 aliphatic rings. The van der Waals surface area contributed by atoms with Crippen molar-refractivity contribution in [2.75, 3.05) is 26.7 Å². The molecule has 0 saturated heterocycles. The Labute approximate surface area is 189 Å². The van der Waals surface area contributed by atoms with Gasteiger partial charge >= 0.3 is 0 Å². The molecule has 156 valence electrons. The van der Waals surface area contributed by atoms with Gasteiger partial charge in [0.05, 0.1) is 20.2 Å². The van der Waals surface area contributed by atoms with Crippen LogP contribution in [0, 0.1) is 0 Å². The van der Waals surface area contributed by atoms with Gasteiger partial charge in [0, 0.05) is 12.0 Å². The predicted octanol–water partition coefficient (Wildman–Crippen LogP) is 4.12. The zero-order valence-corrected chi connectivity index (χ0v) is 20.4. The molecule has 3 N–H and O–H groups in total. The van der Waals surface area contributed by atoms with Crippen molar-refractivity contribution in [2.24, 2.45) is 4.99 Å². The van der Waals surface area contributed by atoms with Crippen LogP contribution in [0.25, 0.3) is 0 Å². The van der Waals surface area contributed by atoms with Crippen molar-refractivity contribution in [1.29, 1.82) is 0 Å². The van der Waals surface area contributed by atoms with Gasteiger partial charge in [-0.3, -0.25) is 4.99 Å². The van der Waals surface area contributed by atoms with Gasteiger partial charge in [-0.2, -0.15) is 11.3 Å². The van der Waals surface area contributed by atoms with Crippen molar-refractivity contribution >= 4 is 41.3 Å². The molecule has 0 spiro atoms.